The average molecular weight is 251 g/mol. The molecule has 3 atom stereocenters. The lowest BCUT2D eigenvalue weighted by atomic mass is 10.0. The van der Waals surface area contributed by atoms with Crippen molar-refractivity contribution in [3.05, 3.63) is 23.8 Å². The minimum atomic E-state index is 0.103. The lowest BCUT2D eigenvalue weighted by molar-refractivity contribution is -0.0640. The minimum absolute atomic E-state index is 0.103. The van der Waals surface area contributed by atoms with E-state index in [1.807, 2.05) is 0 Å². The van der Waals surface area contributed by atoms with Crippen LogP contribution >= 0.6 is 0 Å². The van der Waals surface area contributed by atoms with Gasteiger partial charge in [0.2, 0.25) is 0 Å². The van der Waals surface area contributed by atoms with E-state index in [0.717, 1.165) is 18.7 Å². The summed E-state index contributed by atoms with van der Waals surface area (Å²) >= 11 is 0. The predicted molar refractivity (Wildman–Crippen MR) is 69.8 cm³/mol. The van der Waals surface area contributed by atoms with Gasteiger partial charge in [0.25, 0.3) is 0 Å². The fourth-order valence-corrected chi connectivity index (χ4v) is 2.52. The van der Waals surface area contributed by atoms with Gasteiger partial charge < -0.3 is 14.9 Å². The summed E-state index contributed by atoms with van der Waals surface area (Å²) in [5.74, 6) is 0.205. The van der Waals surface area contributed by atoms with Crippen LogP contribution in [0.5, 0.6) is 11.5 Å². The van der Waals surface area contributed by atoms with Crippen LogP contribution in [0.2, 0.25) is 0 Å². The Kier molecular flexibility index (Phi) is 3.78. The molecule has 0 aromatic heterocycles. The van der Waals surface area contributed by atoms with Crippen LogP contribution in [0.3, 0.4) is 0 Å². The van der Waals surface area contributed by atoms with Crippen LogP contribution in [0.1, 0.15) is 32.4 Å². The highest BCUT2D eigenvalue weighted by Crippen LogP contribution is 2.30. The molecule has 0 radical (unpaired) electrons. The molecule has 0 aliphatic carbocycles. The highest BCUT2D eigenvalue weighted by Gasteiger charge is 2.28. The summed E-state index contributed by atoms with van der Waals surface area (Å²) < 4.78 is 5.61. The Labute approximate surface area is 108 Å². The number of hydrogen-bond donors (Lipinski definition) is 2. The second-order valence-electron chi connectivity index (χ2n) is 5.15. The Balaban J connectivity index is 2.21. The molecule has 0 bridgehead atoms. The van der Waals surface area contributed by atoms with Gasteiger partial charge in [-0.3, -0.25) is 4.90 Å². The van der Waals surface area contributed by atoms with Crippen molar-refractivity contribution in [1.29, 1.82) is 0 Å². The van der Waals surface area contributed by atoms with E-state index in [9.17, 15) is 10.2 Å². The molecular weight excluding hydrogens is 230 g/mol. The minimum Gasteiger partial charge on any atom is -0.508 e. The van der Waals surface area contributed by atoms with Crippen molar-refractivity contribution in [2.75, 3.05) is 13.2 Å². The molecule has 18 heavy (non-hydrogen) atoms. The Bertz CT molecular complexity index is 401. The summed E-state index contributed by atoms with van der Waals surface area (Å²) in [6, 6.07) is 5.24. The maximum atomic E-state index is 9.56. The summed E-state index contributed by atoms with van der Waals surface area (Å²) in [5, 5.41) is 19.1. The van der Waals surface area contributed by atoms with Gasteiger partial charge in [-0.2, -0.15) is 0 Å². The summed E-state index contributed by atoms with van der Waals surface area (Å²) in [6.07, 6.45) is 0.217. The maximum absolute atomic E-state index is 9.56. The van der Waals surface area contributed by atoms with E-state index >= 15 is 0 Å². The van der Waals surface area contributed by atoms with Crippen LogP contribution in [0, 0.1) is 0 Å². The van der Waals surface area contributed by atoms with Gasteiger partial charge in [0.1, 0.15) is 11.5 Å². The first kappa shape index (κ1) is 13.2. The van der Waals surface area contributed by atoms with E-state index < -0.39 is 0 Å². The van der Waals surface area contributed by atoms with Gasteiger partial charge in [0, 0.05) is 24.7 Å². The second-order valence-corrected chi connectivity index (χ2v) is 5.15. The Morgan fingerprint density at radius 1 is 1.22 bits per heavy atom. The highest BCUT2D eigenvalue weighted by molar-refractivity contribution is 5.38. The molecule has 100 valence electrons. The molecule has 1 aromatic carbocycles. The SMILES string of the molecule is CC1CN(C(C)c2cc(O)cc(O)c2)C(C)CO1. The van der Waals surface area contributed by atoms with Gasteiger partial charge in [0.15, 0.2) is 0 Å². The van der Waals surface area contributed by atoms with Crippen LogP contribution in [-0.4, -0.2) is 40.4 Å². The standard InChI is InChI=1S/C14H21NO3/c1-9-8-18-10(2)7-15(9)11(3)12-4-13(16)6-14(17)5-12/h4-6,9-11,16-17H,7-8H2,1-3H3. The van der Waals surface area contributed by atoms with Gasteiger partial charge in [-0.15, -0.1) is 0 Å². The van der Waals surface area contributed by atoms with Gasteiger partial charge in [-0.05, 0) is 38.5 Å². The molecule has 0 saturated carbocycles. The smallest absolute Gasteiger partial charge is 0.119 e. The van der Waals surface area contributed by atoms with E-state index in [-0.39, 0.29) is 23.6 Å². The first-order valence-corrected chi connectivity index (χ1v) is 6.37. The molecule has 1 aliphatic rings. The molecule has 2 N–H and O–H groups in total. The van der Waals surface area contributed by atoms with E-state index in [1.54, 1.807) is 12.1 Å². The van der Waals surface area contributed by atoms with E-state index in [2.05, 4.69) is 25.7 Å². The molecule has 0 amide bonds. The predicted octanol–water partition coefficient (Wildman–Crippen LogP) is 2.27. The van der Waals surface area contributed by atoms with E-state index in [4.69, 9.17) is 4.74 Å². The van der Waals surface area contributed by atoms with Crippen LogP contribution in [0.15, 0.2) is 18.2 Å². The normalized spacial score (nSPS) is 27.1. The number of rotatable bonds is 2. The summed E-state index contributed by atoms with van der Waals surface area (Å²) in [7, 11) is 0. The first-order valence-electron chi connectivity index (χ1n) is 6.37. The lowest BCUT2D eigenvalue weighted by Gasteiger charge is -2.40. The van der Waals surface area contributed by atoms with Crippen molar-refractivity contribution in [3.63, 3.8) is 0 Å². The number of nitrogens with zero attached hydrogens (tertiary/aromatic N) is 1. The molecule has 2 rings (SSSR count). The topological polar surface area (TPSA) is 52.9 Å². The summed E-state index contributed by atoms with van der Waals surface area (Å²) in [4.78, 5) is 2.34. The lowest BCUT2D eigenvalue weighted by Crippen LogP contribution is -2.48. The van der Waals surface area contributed by atoms with E-state index in [1.165, 1.54) is 6.07 Å². The van der Waals surface area contributed by atoms with Gasteiger partial charge in [-0.25, -0.2) is 0 Å². The molecule has 1 saturated heterocycles. The largest absolute Gasteiger partial charge is 0.508 e. The summed E-state index contributed by atoms with van der Waals surface area (Å²) in [6.45, 7) is 7.86. The fourth-order valence-electron chi connectivity index (χ4n) is 2.52. The third-order valence-corrected chi connectivity index (χ3v) is 3.56. The van der Waals surface area contributed by atoms with Crippen molar-refractivity contribution < 1.29 is 14.9 Å². The van der Waals surface area contributed by atoms with Crippen molar-refractivity contribution in [2.45, 2.75) is 39.0 Å². The Morgan fingerprint density at radius 3 is 2.44 bits per heavy atom. The third kappa shape index (κ3) is 2.76. The Hall–Kier alpha value is -1.26. The second kappa shape index (κ2) is 5.16. The Morgan fingerprint density at radius 2 is 1.83 bits per heavy atom. The molecule has 1 heterocycles. The molecule has 3 unspecified atom stereocenters. The van der Waals surface area contributed by atoms with Gasteiger partial charge in [0.05, 0.1) is 12.7 Å². The van der Waals surface area contributed by atoms with Crippen LogP contribution in [0.25, 0.3) is 0 Å². The summed E-state index contributed by atoms with van der Waals surface area (Å²) in [5.41, 5.74) is 0.924. The number of phenols is 2. The van der Waals surface area contributed by atoms with Gasteiger partial charge >= 0.3 is 0 Å². The molecule has 0 spiro atoms. The van der Waals surface area contributed by atoms with Crippen molar-refractivity contribution >= 4 is 0 Å². The zero-order valence-corrected chi connectivity index (χ0v) is 11.1. The van der Waals surface area contributed by atoms with Crippen LogP contribution in [-0.2, 0) is 4.74 Å². The number of morpholine rings is 1. The third-order valence-electron chi connectivity index (χ3n) is 3.56. The highest BCUT2D eigenvalue weighted by atomic mass is 16.5. The molecule has 1 aliphatic heterocycles. The maximum Gasteiger partial charge on any atom is 0.119 e. The number of phenolic OH excluding ortho intramolecular Hbond substituents is 2. The first-order chi connectivity index (χ1) is 8.47. The monoisotopic (exact) mass is 251 g/mol. The molecule has 1 aromatic rings. The van der Waals surface area contributed by atoms with Crippen molar-refractivity contribution in [1.82, 2.24) is 4.90 Å². The number of hydrogen-bond acceptors (Lipinski definition) is 4. The van der Waals surface area contributed by atoms with E-state index in [0.29, 0.717) is 6.04 Å². The van der Waals surface area contributed by atoms with Crippen LogP contribution < -0.4 is 0 Å². The zero-order chi connectivity index (χ0) is 13.3. The molecule has 4 nitrogen and oxygen atoms in total. The molecule has 4 heteroatoms. The fraction of sp³-hybridized carbons (Fsp3) is 0.571. The quantitative estimate of drug-likeness (QED) is 0.846. The van der Waals surface area contributed by atoms with Crippen LogP contribution in [0.4, 0.5) is 0 Å². The average Bonchev–Trinajstić information content (AvgIpc) is 2.30. The van der Waals surface area contributed by atoms with Crippen molar-refractivity contribution in [2.24, 2.45) is 0 Å². The van der Waals surface area contributed by atoms with Gasteiger partial charge in [-0.1, -0.05) is 0 Å². The number of ether oxygens (including phenoxy) is 1. The zero-order valence-electron chi connectivity index (χ0n) is 11.1. The molecule has 1 fully saturated rings. The number of aromatic hydroxyl groups is 2. The molecular formula is C14H21NO3. The van der Waals surface area contributed by atoms with Crippen molar-refractivity contribution in [3.8, 4) is 11.5 Å². The number of benzene rings is 1.